The van der Waals surface area contributed by atoms with Crippen LogP contribution in [0.2, 0.25) is 0 Å². The summed E-state index contributed by atoms with van der Waals surface area (Å²) >= 11 is 0. The van der Waals surface area contributed by atoms with Crippen LogP contribution in [0.3, 0.4) is 0 Å². The zero-order valence-corrected chi connectivity index (χ0v) is 24.9. The third-order valence-corrected chi connectivity index (χ3v) is 6.94. The number of allylic oxidation sites excluding steroid dienone is 2. The number of nitrogens with two attached hydrogens (primary N) is 1. The Morgan fingerprint density at radius 2 is 1.73 bits per heavy atom. The van der Waals surface area contributed by atoms with Gasteiger partial charge in [-0.1, -0.05) is 31.2 Å². The molecule has 5 atom stereocenters. The number of aromatic hydroxyl groups is 2. The molecule has 2 bridgehead atoms. The fourth-order valence-corrected chi connectivity index (χ4v) is 4.89. The van der Waals surface area contributed by atoms with Crippen LogP contribution >= 0.6 is 0 Å². The van der Waals surface area contributed by atoms with Gasteiger partial charge in [-0.2, -0.15) is 0 Å². The molecule has 1 aromatic rings. The second-order valence-electron chi connectivity index (χ2n) is 9.90. The number of hydrogen-bond donors (Lipinski definition) is 4. The Bertz CT molecular complexity index is 1220. The molecule has 1 aromatic carbocycles. The summed E-state index contributed by atoms with van der Waals surface area (Å²) in [6.07, 6.45) is 3.52. The maximum absolute atomic E-state index is 12.9. The highest BCUT2D eigenvalue weighted by atomic mass is 16.6. The number of carbonyl (C=O) groups is 2. The molecule has 2 amide bonds. The van der Waals surface area contributed by atoms with E-state index in [1.165, 1.54) is 32.4 Å². The number of primary amides is 1. The lowest BCUT2D eigenvalue weighted by Gasteiger charge is -2.31. The van der Waals surface area contributed by atoms with Gasteiger partial charge in [0.15, 0.2) is 6.10 Å². The second kappa shape index (κ2) is 15.3. The maximum atomic E-state index is 12.9. The van der Waals surface area contributed by atoms with Crippen molar-refractivity contribution in [3.05, 3.63) is 58.7 Å². The molecule has 226 valence electrons. The van der Waals surface area contributed by atoms with E-state index < -0.39 is 36.4 Å². The Balaban J connectivity index is 2.78. The molecule has 0 fully saturated rings. The van der Waals surface area contributed by atoms with E-state index in [2.05, 4.69) is 5.32 Å². The number of carbonyl (C=O) groups excluding carboxylic acids is 2. The number of hydrogen-bond acceptors (Lipinski definition) is 9. The van der Waals surface area contributed by atoms with Crippen molar-refractivity contribution in [3.8, 4) is 11.5 Å². The third-order valence-electron chi connectivity index (χ3n) is 6.94. The zero-order chi connectivity index (χ0) is 30.9. The van der Waals surface area contributed by atoms with Crippen molar-refractivity contribution in [2.45, 2.75) is 58.5 Å². The van der Waals surface area contributed by atoms with E-state index in [9.17, 15) is 19.8 Å². The highest BCUT2D eigenvalue weighted by Gasteiger charge is 2.30. The summed E-state index contributed by atoms with van der Waals surface area (Å²) in [4.78, 5) is 24.7. The molecule has 41 heavy (non-hydrogen) atoms. The number of benzene rings is 1. The molecule has 0 spiro atoms. The van der Waals surface area contributed by atoms with E-state index in [1.54, 1.807) is 40.2 Å². The van der Waals surface area contributed by atoms with Crippen LogP contribution in [0.1, 0.15) is 39.7 Å². The fraction of sp³-hybridized carbons (Fsp3) is 0.467. The predicted molar refractivity (Wildman–Crippen MR) is 155 cm³/mol. The molecule has 0 aliphatic carbocycles. The Morgan fingerprint density at radius 3 is 2.29 bits per heavy atom. The van der Waals surface area contributed by atoms with E-state index in [4.69, 9.17) is 29.4 Å². The number of rotatable bonds is 5. The van der Waals surface area contributed by atoms with Crippen LogP contribution in [0.4, 0.5) is 10.5 Å². The monoisotopic (exact) mass is 574 g/mol. The van der Waals surface area contributed by atoms with E-state index >= 15 is 0 Å². The van der Waals surface area contributed by atoms with Gasteiger partial charge in [-0.05, 0) is 38.0 Å². The van der Waals surface area contributed by atoms with E-state index in [0.717, 1.165) is 0 Å². The summed E-state index contributed by atoms with van der Waals surface area (Å²) in [5, 5.41) is 24.1. The van der Waals surface area contributed by atoms with Crippen molar-refractivity contribution in [2.75, 3.05) is 33.8 Å². The summed E-state index contributed by atoms with van der Waals surface area (Å²) < 4.78 is 28.4. The van der Waals surface area contributed by atoms with Crippen molar-refractivity contribution in [2.24, 2.45) is 11.7 Å². The van der Waals surface area contributed by atoms with Crippen LogP contribution in [0, 0.1) is 5.92 Å². The molecule has 0 unspecified atom stereocenters. The molecular formula is C30H42N2O9. The van der Waals surface area contributed by atoms with Crippen LogP contribution in [-0.2, 0) is 28.5 Å². The van der Waals surface area contributed by atoms with Crippen molar-refractivity contribution in [1.82, 2.24) is 0 Å². The highest BCUT2D eigenvalue weighted by molar-refractivity contribution is 6.04. The van der Waals surface area contributed by atoms with Crippen LogP contribution in [0.25, 0.3) is 5.76 Å². The molecule has 5 N–H and O–H groups in total. The fourth-order valence-electron chi connectivity index (χ4n) is 4.89. The van der Waals surface area contributed by atoms with Gasteiger partial charge in [0, 0.05) is 45.3 Å². The van der Waals surface area contributed by atoms with Crippen molar-refractivity contribution in [3.63, 3.8) is 0 Å². The minimum Gasteiger partial charge on any atom is -0.508 e. The predicted octanol–water partition coefficient (Wildman–Crippen LogP) is 4.41. The van der Waals surface area contributed by atoms with Crippen LogP contribution in [0.5, 0.6) is 11.5 Å². The normalized spacial score (nSPS) is 24.8. The smallest absolute Gasteiger partial charge is 0.405 e. The summed E-state index contributed by atoms with van der Waals surface area (Å²) in [6, 6.07) is 2.60. The van der Waals surface area contributed by atoms with E-state index in [0.29, 0.717) is 23.3 Å². The maximum Gasteiger partial charge on any atom is 0.405 e. The Morgan fingerprint density at radius 1 is 1.05 bits per heavy atom. The van der Waals surface area contributed by atoms with Crippen LogP contribution < -0.4 is 11.1 Å². The van der Waals surface area contributed by atoms with Crippen molar-refractivity contribution < 1.29 is 43.5 Å². The first kappa shape index (κ1) is 33.4. The van der Waals surface area contributed by atoms with E-state index in [-0.39, 0.29) is 34.2 Å². The average molecular weight is 575 g/mol. The Labute approximate surface area is 241 Å². The number of ether oxygens (including phenoxy) is 5. The van der Waals surface area contributed by atoms with Gasteiger partial charge in [-0.3, -0.25) is 4.79 Å². The lowest BCUT2D eigenvalue weighted by atomic mass is 9.91. The SMILES string of the molecule is COC1=C(C)C[C@H](OC)[C@H](OC)[C@@H](C)C=C(C)[C@H](OC(N)=O)[C@@H](OC)C=CC=C(C)C(=O)Nc2cc(O)cc1c2O. The molecule has 1 aliphatic heterocycles. The third kappa shape index (κ3) is 8.59. The second-order valence-corrected chi connectivity index (χ2v) is 9.90. The lowest BCUT2D eigenvalue weighted by Crippen LogP contribution is -2.37. The minimum absolute atomic E-state index is 0.00167. The number of methoxy groups -OCH3 is 4. The molecule has 11 nitrogen and oxygen atoms in total. The number of fused-ring (bicyclic) bond motifs is 2. The molecule has 0 aromatic heterocycles. The van der Waals surface area contributed by atoms with E-state index in [1.807, 2.05) is 19.9 Å². The number of nitrogens with one attached hydrogen (secondary N) is 1. The van der Waals surface area contributed by atoms with Crippen LogP contribution in [-0.4, -0.2) is 75.1 Å². The Hall–Kier alpha value is -3.80. The van der Waals surface area contributed by atoms with Gasteiger partial charge in [-0.25, -0.2) is 4.79 Å². The summed E-state index contributed by atoms with van der Waals surface area (Å²) in [5.74, 6) is -0.903. The van der Waals surface area contributed by atoms with Crippen molar-refractivity contribution >= 4 is 23.4 Å². The lowest BCUT2D eigenvalue weighted by molar-refractivity contribution is -0.112. The Kier molecular flexibility index (Phi) is 12.4. The first-order valence-electron chi connectivity index (χ1n) is 13.1. The summed E-state index contributed by atoms with van der Waals surface area (Å²) in [6.45, 7) is 7.13. The first-order chi connectivity index (χ1) is 19.4. The number of phenols is 2. The zero-order valence-electron chi connectivity index (χ0n) is 24.9. The molecule has 11 heteroatoms. The van der Waals surface area contributed by atoms with Gasteiger partial charge in [-0.15, -0.1) is 0 Å². The quantitative estimate of drug-likeness (QED) is 0.227. The van der Waals surface area contributed by atoms with Gasteiger partial charge < -0.3 is 44.9 Å². The number of anilines is 1. The number of phenolic OH excluding ortho intramolecular Hbond substituents is 2. The summed E-state index contributed by atoms with van der Waals surface area (Å²) in [5.41, 5.74) is 7.23. The molecule has 0 radical (unpaired) electrons. The first-order valence-corrected chi connectivity index (χ1v) is 13.1. The van der Waals surface area contributed by atoms with Crippen LogP contribution in [0.15, 0.2) is 53.2 Å². The van der Waals surface area contributed by atoms with Gasteiger partial charge in [0.25, 0.3) is 5.91 Å². The molecular weight excluding hydrogens is 532 g/mol. The summed E-state index contributed by atoms with van der Waals surface area (Å²) in [7, 11) is 6.05. The van der Waals surface area contributed by atoms with Crippen molar-refractivity contribution in [1.29, 1.82) is 0 Å². The molecule has 1 heterocycles. The van der Waals surface area contributed by atoms with Gasteiger partial charge in [0.05, 0.1) is 30.6 Å². The molecule has 0 saturated heterocycles. The molecule has 2 rings (SSSR count). The van der Waals surface area contributed by atoms with Gasteiger partial charge in [0.1, 0.15) is 23.4 Å². The largest absolute Gasteiger partial charge is 0.508 e. The average Bonchev–Trinajstić information content (AvgIpc) is 2.91. The number of amides is 2. The van der Waals surface area contributed by atoms with Gasteiger partial charge >= 0.3 is 6.09 Å². The van der Waals surface area contributed by atoms with Gasteiger partial charge in [0.2, 0.25) is 0 Å². The standard InChI is InChI=1S/C30H42N2O9/c1-16-10-9-11-23(37-5)28(41-30(31)36)18(3)12-17(2)27(40-8)24(38-6)13-19(4)26(39-7)21-14-20(33)15-22(25(21)34)32-29(16)35/h9-12,14-15,17,23-24,27-28,33-34H,13H2,1-8H3,(H2,31,36)(H,32,35)/t17-,23-,24-,27+,28-/m0/s1. The molecule has 1 aliphatic rings. The topological polar surface area (TPSA) is 159 Å². The molecule has 0 saturated carbocycles. The highest BCUT2D eigenvalue weighted by Crippen LogP contribution is 2.39. The minimum atomic E-state index is -0.967.